The number of aromatic nitrogens is 3. The molecule has 4 heterocycles. The summed E-state index contributed by atoms with van der Waals surface area (Å²) in [5.74, 6) is -1.46. The average Bonchev–Trinajstić information content (AvgIpc) is 3.66. The van der Waals surface area contributed by atoms with Crippen LogP contribution in [0.5, 0.6) is 11.5 Å². The molecule has 0 radical (unpaired) electrons. The molecule has 2 fully saturated rings. The van der Waals surface area contributed by atoms with E-state index in [0.717, 1.165) is 22.6 Å². The lowest BCUT2D eigenvalue weighted by molar-refractivity contribution is -0.614. The first-order chi connectivity index (χ1) is 31.5. The normalized spacial score (nSPS) is 21.0. The van der Waals surface area contributed by atoms with Crippen molar-refractivity contribution in [1.29, 1.82) is 0 Å². The first-order valence-electron chi connectivity index (χ1n) is 22.0. The number of nitrogens with one attached hydrogen (secondary N) is 1. The van der Waals surface area contributed by atoms with E-state index in [0.29, 0.717) is 69.9 Å². The van der Waals surface area contributed by atoms with E-state index in [4.69, 9.17) is 27.9 Å². The van der Waals surface area contributed by atoms with Gasteiger partial charge in [-0.15, -0.1) is 0 Å². The Bertz CT molecular complexity index is 2550. The number of nitrogens with zero attached hydrogens (tertiary/aromatic N) is 7. The maximum atomic E-state index is 15.0. The number of hydrogen-bond donors (Lipinski definition) is 2. The molecule has 17 heteroatoms. The van der Waals surface area contributed by atoms with Crippen LogP contribution in [0.4, 0.5) is 0 Å². The summed E-state index contributed by atoms with van der Waals surface area (Å²) in [6, 6.07) is 22.0. The number of fused-ring (bicyclic) bond motifs is 2. The highest BCUT2D eigenvalue weighted by Gasteiger charge is 2.46. The maximum absolute atomic E-state index is 15.0. The summed E-state index contributed by atoms with van der Waals surface area (Å²) in [6.45, 7) is 1.79. The summed E-state index contributed by atoms with van der Waals surface area (Å²) in [7, 11) is 7.57. The fraction of sp³-hybridized carbons (Fsp3) is 0.388. The predicted octanol–water partition coefficient (Wildman–Crippen LogP) is 5.40. The number of aliphatic hydroxyl groups is 1. The second-order valence-corrected chi connectivity index (χ2v) is 18.5. The van der Waals surface area contributed by atoms with Crippen molar-refractivity contribution >= 4 is 46.8 Å². The quantitative estimate of drug-likeness (QED) is 0.123. The van der Waals surface area contributed by atoms with Gasteiger partial charge in [0.2, 0.25) is 23.6 Å². The number of carbonyl (C=O) groups is 4. The Labute approximate surface area is 395 Å². The summed E-state index contributed by atoms with van der Waals surface area (Å²) in [6.07, 6.45) is 4.13. The van der Waals surface area contributed by atoms with Gasteiger partial charge in [-0.05, 0) is 94.4 Å². The number of rotatable bonds is 12. The third-order valence-electron chi connectivity index (χ3n) is 12.7. The Hall–Kier alpha value is -6.00. The predicted molar refractivity (Wildman–Crippen MR) is 250 cm³/mol. The van der Waals surface area contributed by atoms with Crippen molar-refractivity contribution in [3.63, 3.8) is 0 Å². The van der Waals surface area contributed by atoms with E-state index in [2.05, 4.69) is 10.3 Å². The average molecular weight is 940 g/mol. The topological polar surface area (TPSA) is 167 Å². The molecule has 3 aromatic carbocycles. The molecule has 15 nitrogen and oxygen atoms in total. The van der Waals surface area contributed by atoms with Gasteiger partial charge in [0.05, 0.1) is 43.0 Å². The summed E-state index contributed by atoms with van der Waals surface area (Å²) >= 11 is 12.8. The smallest absolute Gasteiger partial charge is 0.247 e. The Morgan fingerprint density at radius 1 is 0.970 bits per heavy atom. The molecule has 0 unspecified atom stereocenters. The van der Waals surface area contributed by atoms with Crippen LogP contribution in [0.3, 0.4) is 0 Å². The number of piperidine rings is 1. The summed E-state index contributed by atoms with van der Waals surface area (Å²) < 4.78 is 9.15. The molecule has 0 aliphatic carbocycles. The van der Waals surface area contributed by atoms with Gasteiger partial charge in [0, 0.05) is 73.3 Å². The highest BCUT2D eigenvalue weighted by atomic mass is 35.5. The summed E-state index contributed by atoms with van der Waals surface area (Å²) in [5.41, 5.74) is 2.55. The van der Waals surface area contributed by atoms with Gasteiger partial charge in [-0.3, -0.25) is 19.2 Å². The van der Waals surface area contributed by atoms with Gasteiger partial charge in [0.15, 0.2) is 11.9 Å². The third-order valence-corrected chi connectivity index (χ3v) is 13.2. The number of halogens is 2. The number of imidazole rings is 1. The Balaban J connectivity index is 1.23. The Kier molecular flexibility index (Phi) is 15.0. The number of carbonyl (C=O) groups excluding carboxylic acids is 4. The van der Waals surface area contributed by atoms with Crippen LogP contribution in [0.25, 0.3) is 11.3 Å². The van der Waals surface area contributed by atoms with Crippen LogP contribution in [0.2, 0.25) is 10.0 Å². The standard InChI is InChI=1S/C49H56Cl2N8O7/c1-32-46(62)53-41(30-60)48(64)56(5)49(26-33-10-15-37(50)16-11-33)20-8-21-57(31-49)47(63)36(23-39-9-6-7-22-59(39)65)24-45(61)58(32)28-35-12-17-38(51)25-43(35)66-40-18-13-34(14-19-40)42-27-52-44(55(42)4)29-54(2)3/h6-7,9-19,22,25,27,32,36,41,60H,8,20-21,23-24,26,28-31H2,1-5H3,(H,53,62)/t32-,36+,41-,49+/m0/s1. The molecule has 2 bridgehead atoms. The molecule has 4 amide bonds. The van der Waals surface area contributed by atoms with Gasteiger partial charge in [0.25, 0.3) is 0 Å². The molecule has 4 atom stereocenters. The number of likely N-dealkylation sites (N-methyl/N-ethyl adjacent to an activating group) is 1. The van der Waals surface area contributed by atoms with Crippen molar-refractivity contribution in [1.82, 2.24) is 34.5 Å². The number of aliphatic hydroxyl groups excluding tert-OH is 1. The van der Waals surface area contributed by atoms with E-state index < -0.39 is 47.9 Å². The van der Waals surface area contributed by atoms with Crippen molar-refractivity contribution in [2.75, 3.05) is 40.8 Å². The van der Waals surface area contributed by atoms with Gasteiger partial charge >= 0.3 is 0 Å². The van der Waals surface area contributed by atoms with Crippen LogP contribution in [-0.2, 0) is 52.2 Å². The second-order valence-electron chi connectivity index (χ2n) is 17.6. The van der Waals surface area contributed by atoms with Crippen molar-refractivity contribution in [3.8, 4) is 22.8 Å². The number of amides is 4. The molecule has 5 aromatic rings. The zero-order chi connectivity index (χ0) is 47.3. The molecule has 66 heavy (non-hydrogen) atoms. The minimum Gasteiger partial charge on any atom is -0.619 e. The van der Waals surface area contributed by atoms with Gasteiger partial charge in [-0.2, -0.15) is 4.73 Å². The van der Waals surface area contributed by atoms with E-state index in [9.17, 15) is 29.5 Å². The lowest BCUT2D eigenvalue weighted by Gasteiger charge is -2.50. The van der Waals surface area contributed by atoms with Crippen molar-refractivity contribution in [2.45, 2.75) is 69.7 Å². The van der Waals surface area contributed by atoms with Crippen LogP contribution in [-0.4, -0.2) is 116 Å². The molecule has 7 rings (SSSR count). The highest BCUT2D eigenvalue weighted by Crippen LogP contribution is 2.35. The molecule has 2 aromatic heterocycles. The van der Waals surface area contributed by atoms with Gasteiger partial charge in [-0.1, -0.05) is 47.5 Å². The number of hydrogen-bond acceptors (Lipinski definition) is 9. The lowest BCUT2D eigenvalue weighted by atomic mass is 9.80. The third kappa shape index (κ3) is 10.8. The molecular weight excluding hydrogens is 883 g/mol. The SMILES string of the molecule is C[C@H]1C(=O)N[C@@H](CO)C(=O)N(C)[C@@]2(Cc3ccc(Cl)cc3)CCCN(C2)C(=O)[C@H](Cc2cccc[n+]2[O-])CC(=O)N1Cc1ccc(Cl)cc1Oc1ccc(-c2cnc(CN(C)C)n2C)cc1. The van der Waals surface area contributed by atoms with Crippen LogP contribution in [0.15, 0.2) is 97.3 Å². The fourth-order valence-electron chi connectivity index (χ4n) is 8.96. The van der Waals surface area contributed by atoms with Crippen LogP contribution in [0, 0.1) is 11.1 Å². The molecule has 0 saturated carbocycles. The molecule has 348 valence electrons. The molecule has 2 aliphatic rings. The second kappa shape index (κ2) is 20.7. The van der Waals surface area contributed by atoms with Crippen molar-refractivity contribution < 1.29 is 33.8 Å². The van der Waals surface area contributed by atoms with Gasteiger partial charge in [-0.25, -0.2) is 4.98 Å². The maximum Gasteiger partial charge on any atom is 0.247 e. The Morgan fingerprint density at radius 3 is 2.39 bits per heavy atom. The Morgan fingerprint density at radius 2 is 1.70 bits per heavy atom. The van der Waals surface area contributed by atoms with Crippen molar-refractivity contribution in [3.05, 3.63) is 135 Å². The van der Waals surface area contributed by atoms with E-state index in [1.807, 2.05) is 73.2 Å². The van der Waals surface area contributed by atoms with E-state index in [1.165, 1.54) is 18.0 Å². The number of ether oxygens (including phenoxy) is 1. The summed E-state index contributed by atoms with van der Waals surface area (Å²) in [4.78, 5) is 69.9. The fourth-order valence-corrected chi connectivity index (χ4v) is 9.25. The minimum atomic E-state index is -1.36. The monoisotopic (exact) mass is 938 g/mol. The molecule has 0 spiro atoms. The van der Waals surface area contributed by atoms with Gasteiger partial charge in [0.1, 0.15) is 29.4 Å². The van der Waals surface area contributed by atoms with Crippen molar-refractivity contribution in [2.24, 2.45) is 13.0 Å². The highest BCUT2D eigenvalue weighted by molar-refractivity contribution is 6.31. The molecule has 2 aliphatic heterocycles. The largest absolute Gasteiger partial charge is 0.619 e. The number of pyridine rings is 1. The molecular formula is C49H56Cl2N8O7. The van der Waals surface area contributed by atoms with E-state index in [1.54, 1.807) is 65.4 Å². The molecule has 2 N–H and O–H groups in total. The van der Waals surface area contributed by atoms with Crippen LogP contribution >= 0.6 is 23.2 Å². The minimum absolute atomic E-state index is 0.0630. The molecule has 2 saturated heterocycles. The number of benzene rings is 3. The zero-order valence-electron chi connectivity index (χ0n) is 37.8. The van der Waals surface area contributed by atoms with Crippen LogP contribution in [0.1, 0.15) is 48.8 Å². The first-order valence-corrected chi connectivity index (χ1v) is 22.7. The van der Waals surface area contributed by atoms with E-state index in [-0.39, 0.29) is 31.8 Å². The lowest BCUT2D eigenvalue weighted by Crippen LogP contribution is -2.65. The zero-order valence-corrected chi connectivity index (χ0v) is 39.3. The van der Waals surface area contributed by atoms with Crippen LogP contribution < -0.4 is 14.8 Å². The van der Waals surface area contributed by atoms with E-state index >= 15 is 0 Å². The van der Waals surface area contributed by atoms with Gasteiger partial charge < -0.3 is 44.5 Å². The summed E-state index contributed by atoms with van der Waals surface area (Å²) in [5, 5.41) is 27.4. The first kappa shape index (κ1) is 47.9.